The van der Waals surface area contributed by atoms with Gasteiger partial charge in [0.15, 0.2) is 6.61 Å². The van der Waals surface area contributed by atoms with E-state index in [1.165, 1.54) is 0 Å². The van der Waals surface area contributed by atoms with Crippen LogP contribution in [0, 0.1) is 12.8 Å². The van der Waals surface area contributed by atoms with Crippen molar-refractivity contribution in [2.45, 2.75) is 33.1 Å². The SMILES string of the molecule is CCOc1ccc(OCC(=O)N2CCCC(Cc3nc(-c4ccccc4C)no3)C2)cc1. The van der Waals surface area contributed by atoms with Gasteiger partial charge in [-0.05, 0) is 62.4 Å². The molecule has 0 radical (unpaired) electrons. The number of likely N-dealkylation sites (tertiary alicyclic amines) is 1. The van der Waals surface area contributed by atoms with Gasteiger partial charge in [0.1, 0.15) is 11.5 Å². The van der Waals surface area contributed by atoms with Crippen molar-refractivity contribution in [1.29, 1.82) is 0 Å². The van der Waals surface area contributed by atoms with Crippen LogP contribution in [0.25, 0.3) is 11.4 Å². The number of ether oxygens (including phenoxy) is 2. The zero-order valence-corrected chi connectivity index (χ0v) is 18.6. The summed E-state index contributed by atoms with van der Waals surface area (Å²) in [5.74, 6) is 2.97. The molecule has 0 saturated carbocycles. The molecule has 32 heavy (non-hydrogen) atoms. The second-order valence-corrected chi connectivity index (χ2v) is 8.07. The van der Waals surface area contributed by atoms with Gasteiger partial charge in [-0.1, -0.05) is 29.4 Å². The van der Waals surface area contributed by atoms with Crippen molar-refractivity contribution in [1.82, 2.24) is 15.0 Å². The fraction of sp³-hybridized carbons (Fsp3) is 0.400. The third-order valence-electron chi connectivity index (χ3n) is 5.69. The molecular weight excluding hydrogens is 406 g/mol. The molecule has 0 aliphatic carbocycles. The predicted octanol–water partition coefficient (Wildman–Crippen LogP) is 4.30. The predicted molar refractivity (Wildman–Crippen MR) is 121 cm³/mol. The normalized spacial score (nSPS) is 16.1. The van der Waals surface area contributed by atoms with Crippen LogP contribution in [0.1, 0.15) is 31.2 Å². The number of carbonyl (C=O) groups is 1. The molecule has 1 aliphatic rings. The van der Waals surface area contributed by atoms with Crippen LogP contribution in [0.2, 0.25) is 0 Å². The van der Waals surface area contributed by atoms with E-state index in [2.05, 4.69) is 10.1 Å². The van der Waals surface area contributed by atoms with Gasteiger partial charge in [-0.3, -0.25) is 4.79 Å². The maximum absolute atomic E-state index is 12.7. The zero-order chi connectivity index (χ0) is 22.3. The lowest BCUT2D eigenvalue weighted by atomic mass is 9.94. The van der Waals surface area contributed by atoms with Gasteiger partial charge < -0.3 is 18.9 Å². The molecule has 1 aromatic heterocycles. The lowest BCUT2D eigenvalue weighted by Crippen LogP contribution is -2.42. The molecule has 7 heteroatoms. The van der Waals surface area contributed by atoms with E-state index >= 15 is 0 Å². The number of hydrogen-bond acceptors (Lipinski definition) is 6. The first-order valence-electron chi connectivity index (χ1n) is 11.1. The van der Waals surface area contributed by atoms with Crippen LogP contribution in [0.3, 0.4) is 0 Å². The highest BCUT2D eigenvalue weighted by atomic mass is 16.5. The minimum absolute atomic E-state index is 0.00490. The molecule has 0 N–H and O–H groups in total. The number of piperidine rings is 1. The monoisotopic (exact) mass is 435 g/mol. The van der Waals surface area contributed by atoms with E-state index in [4.69, 9.17) is 14.0 Å². The fourth-order valence-corrected chi connectivity index (χ4v) is 4.01. The molecule has 1 amide bonds. The van der Waals surface area contributed by atoms with E-state index in [0.717, 1.165) is 36.3 Å². The Bertz CT molecular complexity index is 1030. The average molecular weight is 436 g/mol. The summed E-state index contributed by atoms with van der Waals surface area (Å²) >= 11 is 0. The maximum Gasteiger partial charge on any atom is 0.260 e. The van der Waals surface area contributed by atoms with Crippen molar-refractivity contribution in [3.05, 3.63) is 60.0 Å². The van der Waals surface area contributed by atoms with E-state index in [1.54, 1.807) is 0 Å². The highest BCUT2D eigenvalue weighted by molar-refractivity contribution is 5.77. The summed E-state index contributed by atoms with van der Waals surface area (Å²) in [6, 6.07) is 15.3. The Labute approximate surface area is 188 Å². The number of rotatable bonds is 8. The fourth-order valence-electron chi connectivity index (χ4n) is 4.01. The highest BCUT2D eigenvalue weighted by Gasteiger charge is 2.26. The summed E-state index contributed by atoms with van der Waals surface area (Å²) in [7, 11) is 0. The van der Waals surface area contributed by atoms with Crippen molar-refractivity contribution >= 4 is 5.91 Å². The standard InChI is InChI=1S/C25H29N3O4/c1-3-30-20-10-12-21(13-11-20)31-17-24(29)28-14-6-8-19(16-28)15-23-26-25(27-32-23)22-9-5-4-7-18(22)2/h4-5,7,9-13,19H,3,6,8,14-17H2,1-2H3. The summed E-state index contributed by atoms with van der Waals surface area (Å²) in [5, 5.41) is 4.15. The summed E-state index contributed by atoms with van der Waals surface area (Å²) in [5.41, 5.74) is 2.09. The Morgan fingerprint density at radius 3 is 2.62 bits per heavy atom. The highest BCUT2D eigenvalue weighted by Crippen LogP contribution is 2.24. The van der Waals surface area contributed by atoms with E-state index < -0.39 is 0 Å². The number of amides is 1. The Hall–Kier alpha value is -3.35. The first-order chi connectivity index (χ1) is 15.6. The molecule has 4 rings (SSSR count). The first kappa shape index (κ1) is 21.9. The Balaban J connectivity index is 1.29. The number of carbonyl (C=O) groups excluding carboxylic acids is 1. The van der Waals surface area contributed by atoms with Crippen LogP contribution in [0.15, 0.2) is 53.1 Å². The number of aromatic nitrogens is 2. The number of benzene rings is 2. The van der Waals surface area contributed by atoms with Crippen molar-refractivity contribution in [3.63, 3.8) is 0 Å². The van der Waals surface area contributed by atoms with Crippen molar-refractivity contribution in [2.75, 3.05) is 26.3 Å². The summed E-state index contributed by atoms with van der Waals surface area (Å²) in [6.45, 7) is 6.04. The lowest BCUT2D eigenvalue weighted by molar-refractivity contribution is -0.135. The third-order valence-corrected chi connectivity index (χ3v) is 5.69. The molecule has 1 aliphatic heterocycles. The van der Waals surface area contributed by atoms with Gasteiger partial charge in [0.25, 0.3) is 5.91 Å². The molecule has 7 nitrogen and oxygen atoms in total. The van der Waals surface area contributed by atoms with Crippen LogP contribution in [-0.2, 0) is 11.2 Å². The minimum Gasteiger partial charge on any atom is -0.494 e. The lowest BCUT2D eigenvalue weighted by Gasteiger charge is -2.32. The van der Waals surface area contributed by atoms with Gasteiger partial charge >= 0.3 is 0 Å². The molecule has 2 heterocycles. The van der Waals surface area contributed by atoms with Gasteiger partial charge in [0.2, 0.25) is 11.7 Å². The van der Waals surface area contributed by atoms with Crippen LogP contribution in [0.5, 0.6) is 11.5 Å². The van der Waals surface area contributed by atoms with Crippen LogP contribution >= 0.6 is 0 Å². The topological polar surface area (TPSA) is 77.7 Å². The first-order valence-corrected chi connectivity index (χ1v) is 11.1. The molecule has 0 spiro atoms. The summed E-state index contributed by atoms with van der Waals surface area (Å²) in [4.78, 5) is 19.2. The quantitative estimate of drug-likeness (QED) is 0.525. The molecule has 0 bridgehead atoms. The van der Waals surface area contributed by atoms with Crippen molar-refractivity contribution < 1.29 is 18.8 Å². The number of hydrogen-bond donors (Lipinski definition) is 0. The molecule has 1 saturated heterocycles. The molecule has 2 aromatic carbocycles. The van der Waals surface area contributed by atoms with Gasteiger partial charge in [-0.15, -0.1) is 0 Å². The Morgan fingerprint density at radius 1 is 1.12 bits per heavy atom. The van der Waals surface area contributed by atoms with Crippen molar-refractivity contribution in [3.8, 4) is 22.9 Å². The second-order valence-electron chi connectivity index (χ2n) is 8.07. The van der Waals surface area contributed by atoms with Crippen LogP contribution in [0.4, 0.5) is 0 Å². The van der Waals surface area contributed by atoms with Crippen LogP contribution in [-0.4, -0.2) is 47.3 Å². The van der Waals surface area contributed by atoms with Crippen LogP contribution < -0.4 is 9.47 Å². The average Bonchev–Trinajstić information content (AvgIpc) is 3.27. The molecular formula is C25H29N3O4. The van der Waals surface area contributed by atoms with Gasteiger partial charge in [-0.25, -0.2) is 0 Å². The number of nitrogens with zero attached hydrogens (tertiary/aromatic N) is 3. The smallest absolute Gasteiger partial charge is 0.260 e. The maximum atomic E-state index is 12.7. The molecule has 1 fully saturated rings. The second kappa shape index (κ2) is 10.3. The molecule has 1 unspecified atom stereocenters. The molecule has 1 atom stereocenters. The van der Waals surface area contributed by atoms with E-state index in [1.807, 2.05) is 67.3 Å². The summed E-state index contributed by atoms with van der Waals surface area (Å²) < 4.78 is 16.6. The Kier molecular flexibility index (Phi) is 7.04. The van der Waals surface area contributed by atoms with Gasteiger partial charge in [0.05, 0.1) is 6.61 Å². The minimum atomic E-state index is -0.00490. The summed E-state index contributed by atoms with van der Waals surface area (Å²) in [6.07, 6.45) is 2.66. The van der Waals surface area contributed by atoms with E-state index in [-0.39, 0.29) is 12.5 Å². The molecule has 3 aromatic rings. The third kappa shape index (κ3) is 5.46. The molecule has 168 valence electrons. The zero-order valence-electron chi connectivity index (χ0n) is 18.6. The largest absolute Gasteiger partial charge is 0.494 e. The van der Waals surface area contributed by atoms with E-state index in [9.17, 15) is 4.79 Å². The van der Waals surface area contributed by atoms with E-state index in [0.29, 0.717) is 43.0 Å². The van der Waals surface area contributed by atoms with Crippen molar-refractivity contribution in [2.24, 2.45) is 5.92 Å². The Morgan fingerprint density at radius 2 is 1.88 bits per heavy atom. The van der Waals surface area contributed by atoms with Gasteiger partial charge in [0, 0.05) is 25.1 Å². The van der Waals surface area contributed by atoms with Gasteiger partial charge in [-0.2, -0.15) is 4.98 Å². The number of aryl methyl sites for hydroxylation is 1.